The molecular formula is C15H18N2O3S. The molecule has 0 spiro atoms. The number of nitrogens with two attached hydrogens (primary N) is 1. The highest BCUT2D eigenvalue weighted by molar-refractivity contribution is 7.89. The van der Waals surface area contributed by atoms with Crippen LogP contribution in [0.4, 0.5) is 5.69 Å². The Hall–Kier alpha value is -2.05. The van der Waals surface area contributed by atoms with Crippen LogP contribution >= 0.6 is 0 Å². The number of para-hydroxylation sites is 1. The van der Waals surface area contributed by atoms with Crippen molar-refractivity contribution >= 4 is 15.7 Å². The lowest BCUT2D eigenvalue weighted by Crippen LogP contribution is -2.15. The van der Waals surface area contributed by atoms with Gasteiger partial charge in [0.15, 0.2) is 0 Å². The second-order valence-corrected chi connectivity index (χ2v) is 6.10. The molecule has 21 heavy (non-hydrogen) atoms. The zero-order chi connectivity index (χ0) is 15.3. The van der Waals surface area contributed by atoms with Crippen molar-refractivity contribution in [3.8, 4) is 5.75 Å². The van der Waals surface area contributed by atoms with Crippen molar-refractivity contribution in [1.29, 1.82) is 0 Å². The molecule has 5 nitrogen and oxygen atoms in total. The van der Waals surface area contributed by atoms with Gasteiger partial charge in [-0.15, -0.1) is 0 Å². The van der Waals surface area contributed by atoms with Crippen molar-refractivity contribution in [3.63, 3.8) is 0 Å². The fourth-order valence-corrected chi connectivity index (χ4v) is 2.71. The zero-order valence-corrected chi connectivity index (χ0v) is 12.6. The number of hydrogen-bond donors (Lipinski definition) is 2. The maximum absolute atomic E-state index is 11.5. The summed E-state index contributed by atoms with van der Waals surface area (Å²) in [5, 5.41) is 8.30. The summed E-state index contributed by atoms with van der Waals surface area (Å²) in [5.41, 5.74) is 1.66. The van der Waals surface area contributed by atoms with Crippen LogP contribution in [0.1, 0.15) is 5.56 Å². The fourth-order valence-electron chi connectivity index (χ4n) is 1.99. The van der Waals surface area contributed by atoms with Crippen molar-refractivity contribution in [2.24, 2.45) is 5.14 Å². The molecule has 0 saturated heterocycles. The molecule has 0 amide bonds. The first-order valence-electron chi connectivity index (χ1n) is 6.49. The lowest BCUT2D eigenvalue weighted by molar-refractivity contribution is 0.414. The third kappa shape index (κ3) is 4.21. The number of nitrogens with one attached hydrogen (secondary N) is 1. The molecule has 2 aromatic rings. The normalized spacial score (nSPS) is 11.1. The number of hydrogen-bond acceptors (Lipinski definition) is 4. The average Bonchev–Trinajstić information content (AvgIpc) is 2.47. The van der Waals surface area contributed by atoms with Crippen LogP contribution in [0.25, 0.3) is 0 Å². The number of sulfonamides is 1. The van der Waals surface area contributed by atoms with Gasteiger partial charge in [-0.25, -0.2) is 13.6 Å². The fraction of sp³-hybridized carbons (Fsp3) is 0.200. The third-order valence-electron chi connectivity index (χ3n) is 3.08. The summed E-state index contributed by atoms with van der Waals surface area (Å²) in [6, 6.07) is 14.4. The molecule has 0 unspecified atom stereocenters. The third-order valence-corrected chi connectivity index (χ3v) is 4.05. The highest BCUT2D eigenvalue weighted by atomic mass is 32.2. The van der Waals surface area contributed by atoms with E-state index in [-0.39, 0.29) is 4.90 Å². The SMILES string of the molecule is COc1ccc(CCNc2ccccc2S(N)(=O)=O)cc1. The molecular weight excluding hydrogens is 288 g/mol. The Bertz CT molecular complexity index is 697. The molecule has 0 aliphatic carbocycles. The summed E-state index contributed by atoms with van der Waals surface area (Å²) in [7, 11) is -2.09. The van der Waals surface area contributed by atoms with Crippen LogP contribution in [-0.4, -0.2) is 22.1 Å². The van der Waals surface area contributed by atoms with Gasteiger partial charge in [-0.05, 0) is 36.2 Å². The van der Waals surface area contributed by atoms with Gasteiger partial charge in [0.05, 0.1) is 12.8 Å². The molecule has 112 valence electrons. The second kappa shape index (κ2) is 6.60. The second-order valence-electron chi connectivity index (χ2n) is 4.57. The molecule has 0 atom stereocenters. The van der Waals surface area contributed by atoms with Crippen LogP contribution in [0.5, 0.6) is 5.75 Å². The zero-order valence-electron chi connectivity index (χ0n) is 11.7. The molecule has 2 rings (SSSR count). The highest BCUT2D eigenvalue weighted by Crippen LogP contribution is 2.19. The summed E-state index contributed by atoms with van der Waals surface area (Å²) in [6.07, 6.45) is 0.767. The van der Waals surface area contributed by atoms with Crippen LogP contribution in [0.15, 0.2) is 53.4 Å². The van der Waals surface area contributed by atoms with Gasteiger partial charge < -0.3 is 10.1 Å². The van der Waals surface area contributed by atoms with Gasteiger partial charge in [0.2, 0.25) is 10.0 Å². The summed E-state index contributed by atoms with van der Waals surface area (Å²) in [6.45, 7) is 0.610. The Morgan fingerprint density at radius 3 is 2.38 bits per heavy atom. The Morgan fingerprint density at radius 2 is 1.76 bits per heavy atom. The maximum Gasteiger partial charge on any atom is 0.240 e. The highest BCUT2D eigenvalue weighted by Gasteiger charge is 2.12. The van der Waals surface area contributed by atoms with Gasteiger partial charge in [-0.3, -0.25) is 0 Å². The van der Waals surface area contributed by atoms with E-state index in [0.717, 1.165) is 17.7 Å². The number of rotatable bonds is 6. The monoisotopic (exact) mass is 306 g/mol. The number of anilines is 1. The van der Waals surface area contributed by atoms with E-state index in [0.29, 0.717) is 12.2 Å². The minimum absolute atomic E-state index is 0.111. The number of primary sulfonamides is 1. The molecule has 0 aromatic heterocycles. The van der Waals surface area contributed by atoms with Gasteiger partial charge in [-0.2, -0.15) is 0 Å². The van der Waals surface area contributed by atoms with Crippen molar-refractivity contribution in [2.75, 3.05) is 19.0 Å². The molecule has 0 aliphatic heterocycles. The molecule has 0 bridgehead atoms. The molecule has 3 N–H and O–H groups in total. The van der Waals surface area contributed by atoms with Gasteiger partial charge >= 0.3 is 0 Å². The molecule has 6 heteroatoms. The molecule has 0 saturated carbocycles. The lowest BCUT2D eigenvalue weighted by atomic mass is 10.1. The minimum atomic E-state index is -3.72. The van der Waals surface area contributed by atoms with E-state index in [1.807, 2.05) is 24.3 Å². The van der Waals surface area contributed by atoms with E-state index in [4.69, 9.17) is 9.88 Å². The Labute approximate surface area is 124 Å². The summed E-state index contributed by atoms with van der Waals surface area (Å²) >= 11 is 0. The van der Waals surface area contributed by atoms with Crippen LogP contribution in [0.2, 0.25) is 0 Å². The van der Waals surface area contributed by atoms with E-state index in [9.17, 15) is 8.42 Å². The van der Waals surface area contributed by atoms with E-state index >= 15 is 0 Å². The summed E-state index contributed by atoms with van der Waals surface area (Å²) in [4.78, 5) is 0.111. The minimum Gasteiger partial charge on any atom is -0.497 e. The van der Waals surface area contributed by atoms with E-state index in [1.165, 1.54) is 6.07 Å². The average molecular weight is 306 g/mol. The molecule has 2 aromatic carbocycles. The lowest BCUT2D eigenvalue weighted by Gasteiger charge is -2.10. The van der Waals surface area contributed by atoms with Crippen molar-refractivity contribution < 1.29 is 13.2 Å². The predicted octanol–water partition coefficient (Wildman–Crippen LogP) is 2.00. The topological polar surface area (TPSA) is 81.4 Å². The van der Waals surface area contributed by atoms with E-state index in [2.05, 4.69) is 5.32 Å². The standard InChI is InChI=1S/C15H18N2O3S/c1-20-13-8-6-12(7-9-13)10-11-17-14-4-2-3-5-15(14)21(16,18)19/h2-9,17H,10-11H2,1H3,(H2,16,18,19). The Kier molecular flexibility index (Phi) is 4.82. The van der Waals surface area contributed by atoms with Crippen LogP contribution in [0, 0.1) is 0 Å². The molecule has 0 fully saturated rings. The Balaban J connectivity index is 2.00. The van der Waals surface area contributed by atoms with Gasteiger partial charge in [0, 0.05) is 6.54 Å². The van der Waals surface area contributed by atoms with Crippen LogP contribution in [0.3, 0.4) is 0 Å². The summed E-state index contributed by atoms with van der Waals surface area (Å²) < 4.78 is 28.1. The molecule has 0 heterocycles. The van der Waals surface area contributed by atoms with E-state index < -0.39 is 10.0 Å². The maximum atomic E-state index is 11.5. The first-order valence-corrected chi connectivity index (χ1v) is 8.04. The molecule has 0 aliphatic rings. The summed E-state index contributed by atoms with van der Waals surface area (Å²) in [5.74, 6) is 0.811. The van der Waals surface area contributed by atoms with Gasteiger partial charge in [0.25, 0.3) is 0 Å². The van der Waals surface area contributed by atoms with Crippen molar-refractivity contribution in [2.45, 2.75) is 11.3 Å². The van der Waals surface area contributed by atoms with Crippen LogP contribution < -0.4 is 15.2 Å². The van der Waals surface area contributed by atoms with Crippen LogP contribution in [-0.2, 0) is 16.4 Å². The predicted molar refractivity (Wildman–Crippen MR) is 83.0 cm³/mol. The van der Waals surface area contributed by atoms with E-state index in [1.54, 1.807) is 25.3 Å². The number of ether oxygens (including phenoxy) is 1. The smallest absolute Gasteiger partial charge is 0.240 e. The number of methoxy groups -OCH3 is 1. The first-order chi connectivity index (χ1) is 10.0. The number of benzene rings is 2. The van der Waals surface area contributed by atoms with Crippen molar-refractivity contribution in [3.05, 3.63) is 54.1 Å². The molecule has 0 radical (unpaired) electrons. The van der Waals surface area contributed by atoms with Gasteiger partial charge in [0.1, 0.15) is 10.6 Å². The van der Waals surface area contributed by atoms with Crippen molar-refractivity contribution in [1.82, 2.24) is 0 Å². The first kappa shape index (κ1) is 15.3. The quantitative estimate of drug-likeness (QED) is 0.855. The van der Waals surface area contributed by atoms with Gasteiger partial charge in [-0.1, -0.05) is 24.3 Å². The Morgan fingerprint density at radius 1 is 1.10 bits per heavy atom. The largest absolute Gasteiger partial charge is 0.497 e.